The van der Waals surface area contributed by atoms with Gasteiger partial charge in [0.2, 0.25) is 11.9 Å². The monoisotopic (exact) mass is 571 g/mol. The van der Waals surface area contributed by atoms with Crippen molar-refractivity contribution in [3.63, 3.8) is 0 Å². The molecule has 2 aromatic rings. The first-order valence-electron chi connectivity index (χ1n) is 14.6. The van der Waals surface area contributed by atoms with Crippen LogP contribution in [0.3, 0.4) is 0 Å². The molecule has 5 rings (SSSR count). The van der Waals surface area contributed by atoms with Gasteiger partial charge in [-0.15, -0.1) is 0 Å². The Bertz CT molecular complexity index is 1130. The van der Waals surface area contributed by atoms with E-state index in [4.69, 9.17) is 21.1 Å². The molecule has 0 spiro atoms. The number of aliphatic hydroxyl groups excluding tert-OH is 1. The van der Waals surface area contributed by atoms with E-state index in [1.807, 2.05) is 43.3 Å². The molecule has 3 aliphatic heterocycles. The molecule has 0 aliphatic carbocycles. The highest BCUT2D eigenvalue weighted by atomic mass is 35.5. The fraction of sp³-hybridized carbons (Fsp3) is 0.633. The molecular weight excluding hydrogens is 530 g/mol. The van der Waals surface area contributed by atoms with Crippen LogP contribution in [-0.2, 0) is 16.1 Å². The van der Waals surface area contributed by atoms with Crippen LogP contribution in [0.4, 0.5) is 5.95 Å². The maximum atomic E-state index is 13.4. The molecule has 1 N–H and O–H groups in total. The van der Waals surface area contributed by atoms with Gasteiger partial charge in [-0.25, -0.2) is 9.97 Å². The second-order valence-electron chi connectivity index (χ2n) is 11.6. The summed E-state index contributed by atoms with van der Waals surface area (Å²) in [4.78, 5) is 29.2. The highest BCUT2D eigenvalue weighted by Crippen LogP contribution is 2.30. The lowest BCUT2D eigenvalue weighted by molar-refractivity contribution is -0.158. The predicted octanol–water partition coefficient (Wildman–Crippen LogP) is 3.76. The molecule has 3 aliphatic rings. The van der Waals surface area contributed by atoms with Crippen LogP contribution < -0.4 is 9.64 Å². The van der Waals surface area contributed by atoms with Crippen molar-refractivity contribution in [2.45, 2.75) is 70.6 Å². The molecule has 4 heterocycles. The average molecular weight is 572 g/mol. The van der Waals surface area contributed by atoms with Crippen LogP contribution in [-0.4, -0.2) is 95.0 Å². The van der Waals surface area contributed by atoms with Crippen LogP contribution in [0.5, 0.6) is 5.75 Å². The summed E-state index contributed by atoms with van der Waals surface area (Å²) in [6.45, 7) is 9.81. The van der Waals surface area contributed by atoms with Crippen molar-refractivity contribution in [1.82, 2.24) is 19.8 Å². The van der Waals surface area contributed by atoms with Gasteiger partial charge in [-0.05, 0) is 69.2 Å². The second-order valence-corrected chi connectivity index (χ2v) is 12.0. The fourth-order valence-corrected chi connectivity index (χ4v) is 6.06. The number of aliphatic hydroxyl groups is 1. The molecule has 3 saturated heterocycles. The topological polar surface area (TPSA) is 91.3 Å². The molecule has 1 aromatic carbocycles. The number of anilines is 1. The average Bonchev–Trinajstić information content (AvgIpc) is 2.96. The number of aryl methyl sites for hydroxylation is 2. The van der Waals surface area contributed by atoms with E-state index in [1.54, 1.807) is 0 Å². The van der Waals surface area contributed by atoms with Gasteiger partial charge in [0.1, 0.15) is 18.0 Å². The van der Waals surface area contributed by atoms with Gasteiger partial charge in [-0.1, -0.05) is 11.6 Å². The molecule has 0 radical (unpaired) electrons. The SMILES string of the molecule is Cc1cc(OCC2(CC(=O)N3CCC(O)CC3)CN(Cc3cnc(N4CCCCC4)nc3)CCO2)cc(C)c1Cl. The van der Waals surface area contributed by atoms with Crippen molar-refractivity contribution in [3.8, 4) is 5.75 Å². The standard InChI is InChI=1S/C30H42ClN5O4/c1-22-14-26(15-23(2)28(22)31)39-21-30(16-27(38)35-10-6-25(37)7-11-35)20-34(12-13-40-30)19-24-17-32-29(33-18-24)36-8-4-3-5-9-36/h14-15,17-18,25,37H,3-13,16,19-21H2,1-2H3. The lowest BCUT2D eigenvalue weighted by Gasteiger charge is -2.43. The molecule has 10 heteroatoms. The molecular formula is C30H42ClN5O4. The Morgan fingerprint density at radius 3 is 2.42 bits per heavy atom. The molecule has 3 fully saturated rings. The minimum Gasteiger partial charge on any atom is -0.490 e. The number of piperidine rings is 2. The Hall–Kier alpha value is -2.46. The summed E-state index contributed by atoms with van der Waals surface area (Å²) in [7, 11) is 0. The minimum atomic E-state index is -0.804. The maximum absolute atomic E-state index is 13.4. The number of ether oxygens (including phenoxy) is 2. The van der Waals surface area contributed by atoms with Crippen molar-refractivity contribution in [2.24, 2.45) is 0 Å². The van der Waals surface area contributed by atoms with E-state index in [0.29, 0.717) is 45.6 Å². The number of morpholine rings is 1. The van der Waals surface area contributed by atoms with Crippen molar-refractivity contribution in [2.75, 3.05) is 57.4 Å². The number of rotatable bonds is 8. The van der Waals surface area contributed by atoms with Crippen LogP contribution >= 0.6 is 11.6 Å². The number of hydrogen-bond donors (Lipinski definition) is 1. The van der Waals surface area contributed by atoms with Crippen LogP contribution in [0.1, 0.15) is 55.2 Å². The molecule has 1 unspecified atom stereocenters. The van der Waals surface area contributed by atoms with Gasteiger partial charge in [0.15, 0.2) is 0 Å². The number of carbonyl (C=O) groups excluding carboxylic acids is 1. The lowest BCUT2D eigenvalue weighted by Crippen LogP contribution is -2.57. The van der Waals surface area contributed by atoms with Crippen LogP contribution in [0.15, 0.2) is 24.5 Å². The van der Waals surface area contributed by atoms with E-state index in [2.05, 4.69) is 19.8 Å². The first kappa shape index (κ1) is 29.0. The van der Waals surface area contributed by atoms with Gasteiger partial charge < -0.3 is 24.4 Å². The second kappa shape index (κ2) is 13.0. The van der Waals surface area contributed by atoms with Crippen LogP contribution in [0, 0.1) is 13.8 Å². The van der Waals surface area contributed by atoms with Gasteiger partial charge in [0.05, 0.1) is 19.1 Å². The quantitative estimate of drug-likeness (QED) is 0.512. The number of hydrogen-bond acceptors (Lipinski definition) is 8. The number of likely N-dealkylation sites (tertiary alicyclic amines) is 1. The Morgan fingerprint density at radius 1 is 1.07 bits per heavy atom. The molecule has 9 nitrogen and oxygen atoms in total. The van der Waals surface area contributed by atoms with E-state index < -0.39 is 5.60 Å². The Morgan fingerprint density at radius 2 is 1.75 bits per heavy atom. The number of halogens is 1. The summed E-state index contributed by atoms with van der Waals surface area (Å²) in [5.74, 6) is 1.56. The Balaban J connectivity index is 1.29. The van der Waals surface area contributed by atoms with E-state index in [-0.39, 0.29) is 25.0 Å². The van der Waals surface area contributed by atoms with Crippen molar-refractivity contribution in [1.29, 1.82) is 0 Å². The normalized spacial score (nSPS) is 22.9. The molecule has 0 saturated carbocycles. The van der Waals surface area contributed by atoms with Gasteiger partial charge in [0.25, 0.3) is 0 Å². The number of amides is 1. The van der Waals surface area contributed by atoms with Crippen molar-refractivity contribution >= 4 is 23.5 Å². The van der Waals surface area contributed by atoms with Crippen LogP contribution in [0.2, 0.25) is 5.02 Å². The number of benzene rings is 1. The Kier molecular flexibility index (Phi) is 9.45. The zero-order chi connectivity index (χ0) is 28.1. The first-order chi connectivity index (χ1) is 19.3. The third kappa shape index (κ3) is 7.24. The molecule has 0 bridgehead atoms. The number of carbonyl (C=O) groups is 1. The van der Waals surface area contributed by atoms with Gasteiger partial charge >= 0.3 is 0 Å². The lowest BCUT2D eigenvalue weighted by atomic mass is 9.95. The summed E-state index contributed by atoms with van der Waals surface area (Å²) in [6.07, 6.45) is 8.61. The van der Waals surface area contributed by atoms with Gasteiger partial charge in [-0.3, -0.25) is 9.69 Å². The van der Waals surface area contributed by atoms with E-state index in [1.165, 1.54) is 19.3 Å². The molecule has 218 valence electrons. The minimum absolute atomic E-state index is 0.0371. The molecule has 1 amide bonds. The summed E-state index contributed by atoms with van der Waals surface area (Å²) in [5.41, 5.74) is 2.14. The summed E-state index contributed by atoms with van der Waals surface area (Å²) in [6, 6.07) is 3.86. The van der Waals surface area contributed by atoms with E-state index in [0.717, 1.165) is 53.0 Å². The van der Waals surface area contributed by atoms with Gasteiger partial charge in [-0.2, -0.15) is 0 Å². The van der Waals surface area contributed by atoms with Crippen LogP contribution in [0.25, 0.3) is 0 Å². The molecule has 1 atom stereocenters. The molecule has 1 aromatic heterocycles. The predicted molar refractivity (Wildman–Crippen MR) is 155 cm³/mol. The summed E-state index contributed by atoms with van der Waals surface area (Å²) >= 11 is 6.37. The summed E-state index contributed by atoms with van der Waals surface area (Å²) in [5, 5.41) is 10.6. The zero-order valence-corrected chi connectivity index (χ0v) is 24.5. The zero-order valence-electron chi connectivity index (χ0n) is 23.8. The van der Waals surface area contributed by atoms with Crippen molar-refractivity contribution in [3.05, 3.63) is 46.2 Å². The smallest absolute Gasteiger partial charge is 0.225 e. The van der Waals surface area contributed by atoms with E-state index >= 15 is 0 Å². The fourth-order valence-electron chi connectivity index (χ4n) is 5.96. The highest BCUT2D eigenvalue weighted by molar-refractivity contribution is 6.32. The molecule has 40 heavy (non-hydrogen) atoms. The number of aromatic nitrogens is 2. The highest BCUT2D eigenvalue weighted by Gasteiger charge is 2.41. The Labute approximate surface area is 242 Å². The van der Waals surface area contributed by atoms with Crippen molar-refractivity contribution < 1.29 is 19.4 Å². The third-order valence-electron chi connectivity index (χ3n) is 8.27. The first-order valence-corrected chi connectivity index (χ1v) is 15.0. The maximum Gasteiger partial charge on any atom is 0.225 e. The largest absolute Gasteiger partial charge is 0.490 e. The summed E-state index contributed by atoms with van der Waals surface area (Å²) < 4.78 is 12.7. The number of nitrogens with zero attached hydrogens (tertiary/aromatic N) is 5. The third-order valence-corrected chi connectivity index (χ3v) is 8.86. The van der Waals surface area contributed by atoms with E-state index in [9.17, 15) is 9.90 Å². The van der Waals surface area contributed by atoms with Gasteiger partial charge in [0, 0.05) is 68.8 Å².